The molecule has 1 heterocycles. The highest BCUT2D eigenvalue weighted by Gasteiger charge is 2.34. The van der Waals surface area contributed by atoms with Crippen molar-refractivity contribution in [2.75, 3.05) is 13.2 Å². The smallest absolute Gasteiger partial charge is 0.0572 e. The fourth-order valence-electron chi connectivity index (χ4n) is 2.42. The van der Waals surface area contributed by atoms with Crippen LogP contribution < -0.4 is 0 Å². The molecule has 0 bridgehead atoms. The zero-order valence-electron chi connectivity index (χ0n) is 6.83. The minimum atomic E-state index is -0.0300. The molecule has 64 valence electrons. The molecular formula is C9H16O2. The van der Waals surface area contributed by atoms with Gasteiger partial charge in [-0.3, -0.25) is 0 Å². The maximum absolute atomic E-state index is 9.65. The van der Waals surface area contributed by atoms with E-state index in [0.29, 0.717) is 11.8 Å². The molecule has 1 N–H and O–H groups in total. The molecule has 2 unspecified atom stereocenters. The molecule has 0 aromatic rings. The van der Waals surface area contributed by atoms with Gasteiger partial charge in [-0.05, 0) is 31.1 Å². The lowest BCUT2D eigenvalue weighted by atomic mass is 9.75. The van der Waals surface area contributed by atoms with Gasteiger partial charge in [0, 0.05) is 13.2 Å². The number of aliphatic hydroxyl groups is 1. The van der Waals surface area contributed by atoms with Crippen LogP contribution in [0, 0.1) is 11.8 Å². The first kappa shape index (κ1) is 7.56. The summed E-state index contributed by atoms with van der Waals surface area (Å²) in [6, 6.07) is 0. The minimum absolute atomic E-state index is 0.0300. The van der Waals surface area contributed by atoms with Crippen molar-refractivity contribution in [1.29, 1.82) is 0 Å². The zero-order valence-corrected chi connectivity index (χ0v) is 6.83. The molecule has 2 heteroatoms. The number of aliphatic hydroxyl groups excluding tert-OH is 1. The van der Waals surface area contributed by atoms with Gasteiger partial charge in [0.1, 0.15) is 0 Å². The third kappa shape index (κ3) is 1.42. The molecule has 3 atom stereocenters. The highest BCUT2D eigenvalue weighted by Crippen LogP contribution is 2.35. The second-order valence-electron chi connectivity index (χ2n) is 3.79. The molecule has 1 aliphatic heterocycles. The van der Waals surface area contributed by atoms with Crippen molar-refractivity contribution in [2.24, 2.45) is 11.8 Å². The number of fused-ring (bicyclic) bond motifs is 1. The normalized spacial score (nSPS) is 45.0. The van der Waals surface area contributed by atoms with Gasteiger partial charge in [0.15, 0.2) is 0 Å². The van der Waals surface area contributed by atoms with Crippen molar-refractivity contribution >= 4 is 0 Å². The number of ether oxygens (including phenoxy) is 1. The monoisotopic (exact) mass is 156 g/mol. The Kier molecular flexibility index (Phi) is 2.14. The van der Waals surface area contributed by atoms with Crippen LogP contribution in [0.2, 0.25) is 0 Å². The summed E-state index contributed by atoms with van der Waals surface area (Å²) in [6.45, 7) is 1.75. The number of rotatable bonds is 0. The molecule has 1 saturated carbocycles. The van der Waals surface area contributed by atoms with Crippen LogP contribution in [0.5, 0.6) is 0 Å². The van der Waals surface area contributed by atoms with E-state index in [2.05, 4.69) is 0 Å². The van der Waals surface area contributed by atoms with Crippen LogP contribution in [0.1, 0.15) is 25.7 Å². The van der Waals surface area contributed by atoms with Gasteiger partial charge in [0.2, 0.25) is 0 Å². The molecule has 0 spiro atoms. The molecule has 1 aliphatic carbocycles. The summed E-state index contributed by atoms with van der Waals surface area (Å²) in [6.07, 6.45) is 4.51. The quantitative estimate of drug-likeness (QED) is 0.570. The lowest BCUT2D eigenvalue weighted by Crippen LogP contribution is -2.38. The van der Waals surface area contributed by atoms with E-state index >= 15 is 0 Å². The third-order valence-electron chi connectivity index (χ3n) is 3.10. The van der Waals surface area contributed by atoms with Crippen molar-refractivity contribution in [1.82, 2.24) is 0 Å². The van der Waals surface area contributed by atoms with Gasteiger partial charge in [0.05, 0.1) is 6.10 Å². The average molecular weight is 156 g/mol. The number of hydrogen-bond acceptors (Lipinski definition) is 2. The number of hydrogen-bond donors (Lipinski definition) is 1. The molecule has 2 nitrogen and oxygen atoms in total. The molecule has 0 radical (unpaired) electrons. The Morgan fingerprint density at radius 3 is 2.91 bits per heavy atom. The van der Waals surface area contributed by atoms with E-state index in [1.807, 2.05) is 0 Å². The summed E-state index contributed by atoms with van der Waals surface area (Å²) in [4.78, 5) is 0. The van der Waals surface area contributed by atoms with E-state index in [4.69, 9.17) is 4.74 Å². The minimum Gasteiger partial charge on any atom is -0.393 e. The summed E-state index contributed by atoms with van der Waals surface area (Å²) < 4.78 is 5.38. The maximum atomic E-state index is 9.65. The fourth-order valence-corrected chi connectivity index (χ4v) is 2.42. The topological polar surface area (TPSA) is 29.5 Å². The van der Waals surface area contributed by atoms with Crippen LogP contribution in [0.25, 0.3) is 0 Å². The predicted octanol–water partition coefficient (Wildman–Crippen LogP) is 1.18. The molecule has 0 amide bonds. The van der Waals surface area contributed by atoms with E-state index in [9.17, 15) is 5.11 Å². The fraction of sp³-hybridized carbons (Fsp3) is 1.00. The Hall–Kier alpha value is -0.0800. The molecule has 0 aromatic heterocycles. The van der Waals surface area contributed by atoms with Gasteiger partial charge in [0.25, 0.3) is 0 Å². The zero-order chi connectivity index (χ0) is 7.68. The van der Waals surface area contributed by atoms with Crippen molar-refractivity contribution in [3.05, 3.63) is 0 Å². The van der Waals surface area contributed by atoms with Crippen LogP contribution in [-0.4, -0.2) is 24.4 Å². The van der Waals surface area contributed by atoms with E-state index in [1.165, 1.54) is 12.8 Å². The largest absolute Gasteiger partial charge is 0.393 e. The molecule has 2 aliphatic rings. The van der Waals surface area contributed by atoms with Gasteiger partial charge in [-0.1, -0.05) is 6.42 Å². The van der Waals surface area contributed by atoms with Crippen LogP contribution >= 0.6 is 0 Å². The van der Waals surface area contributed by atoms with Gasteiger partial charge in [-0.15, -0.1) is 0 Å². The standard InChI is InChI=1S/C9H16O2/c10-9-3-1-2-7-6-11-5-4-8(7)9/h7-10H,1-6H2/t7-,8?,9?/m1/s1. The van der Waals surface area contributed by atoms with Gasteiger partial charge in [-0.2, -0.15) is 0 Å². The van der Waals surface area contributed by atoms with E-state index in [0.717, 1.165) is 26.1 Å². The van der Waals surface area contributed by atoms with E-state index in [1.54, 1.807) is 0 Å². The van der Waals surface area contributed by atoms with Crippen molar-refractivity contribution in [3.8, 4) is 0 Å². The highest BCUT2D eigenvalue weighted by molar-refractivity contribution is 4.83. The summed E-state index contributed by atoms with van der Waals surface area (Å²) in [7, 11) is 0. The molecule has 11 heavy (non-hydrogen) atoms. The van der Waals surface area contributed by atoms with E-state index in [-0.39, 0.29) is 6.10 Å². The van der Waals surface area contributed by atoms with Crippen molar-refractivity contribution in [3.63, 3.8) is 0 Å². The van der Waals surface area contributed by atoms with Crippen molar-refractivity contribution < 1.29 is 9.84 Å². The Morgan fingerprint density at radius 1 is 1.18 bits per heavy atom. The van der Waals surface area contributed by atoms with Gasteiger partial charge in [-0.25, -0.2) is 0 Å². The maximum Gasteiger partial charge on any atom is 0.0572 e. The van der Waals surface area contributed by atoms with Crippen LogP contribution in [0.15, 0.2) is 0 Å². The Labute approximate surface area is 67.6 Å². The van der Waals surface area contributed by atoms with Gasteiger partial charge < -0.3 is 9.84 Å². The molecular weight excluding hydrogens is 140 g/mol. The lowest BCUT2D eigenvalue weighted by Gasteiger charge is -2.38. The Morgan fingerprint density at radius 2 is 2.09 bits per heavy atom. The predicted molar refractivity (Wildman–Crippen MR) is 42.3 cm³/mol. The molecule has 2 rings (SSSR count). The summed E-state index contributed by atoms with van der Waals surface area (Å²) in [5.41, 5.74) is 0. The van der Waals surface area contributed by atoms with Crippen LogP contribution in [-0.2, 0) is 4.74 Å². The van der Waals surface area contributed by atoms with Crippen molar-refractivity contribution in [2.45, 2.75) is 31.8 Å². The van der Waals surface area contributed by atoms with Crippen LogP contribution in [0.4, 0.5) is 0 Å². The van der Waals surface area contributed by atoms with E-state index < -0.39 is 0 Å². The average Bonchev–Trinajstić information content (AvgIpc) is 2.06. The highest BCUT2D eigenvalue weighted by atomic mass is 16.5. The summed E-state index contributed by atoms with van der Waals surface area (Å²) in [5, 5.41) is 9.65. The van der Waals surface area contributed by atoms with Gasteiger partial charge >= 0.3 is 0 Å². The SMILES string of the molecule is OC1CCC[C@@H]2COCCC12. The second kappa shape index (κ2) is 3.11. The first-order valence-electron chi connectivity index (χ1n) is 4.64. The Bertz CT molecular complexity index is 134. The summed E-state index contributed by atoms with van der Waals surface area (Å²) >= 11 is 0. The third-order valence-corrected chi connectivity index (χ3v) is 3.10. The first-order valence-corrected chi connectivity index (χ1v) is 4.64. The lowest BCUT2D eigenvalue weighted by molar-refractivity contribution is -0.0600. The molecule has 1 saturated heterocycles. The molecule has 0 aromatic carbocycles. The first-order chi connectivity index (χ1) is 5.38. The second-order valence-corrected chi connectivity index (χ2v) is 3.79. The Balaban J connectivity index is 1.99. The molecule has 2 fully saturated rings. The van der Waals surface area contributed by atoms with Crippen LogP contribution in [0.3, 0.4) is 0 Å². The summed E-state index contributed by atoms with van der Waals surface area (Å²) in [5.74, 6) is 1.21.